The molecule has 1 aliphatic rings. The number of benzene rings is 1. The zero-order chi connectivity index (χ0) is 14.7. The number of carbonyl (C=O) groups excluding carboxylic acids is 1. The molecule has 1 aromatic carbocycles. The first kappa shape index (κ1) is 14.1. The first-order valence-corrected chi connectivity index (χ1v) is 7.40. The van der Waals surface area contributed by atoms with Gasteiger partial charge >= 0.3 is 0 Å². The van der Waals surface area contributed by atoms with Crippen molar-refractivity contribution in [3.05, 3.63) is 36.1 Å². The Balaban J connectivity index is 1.78. The van der Waals surface area contributed by atoms with Crippen LogP contribution >= 0.6 is 0 Å². The molecule has 5 heteroatoms. The van der Waals surface area contributed by atoms with Crippen LogP contribution in [0.5, 0.6) is 0 Å². The molecule has 3 rings (SSSR count). The fraction of sp³-hybridized carbons (Fsp3) is 0.438. The molecule has 1 atom stereocenters. The number of nitrogens with one attached hydrogen (secondary N) is 1. The Hall–Kier alpha value is -1.85. The molecule has 0 saturated carbocycles. The van der Waals surface area contributed by atoms with Gasteiger partial charge in [0.2, 0.25) is 0 Å². The van der Waals surface area contributed by atoms with Crippen molar-refractivity contribution >= 4 is 16.9 Å². The molecule has 1 aliphatic heterocycles. The highest BCUT2D eigenvalue weighted by Gasteiger charge is 2.24. The first-order chi connectivity index (χ1) is 10.3. The monoisotopic (exact) mass is 288 g/mol. The predicted molar refractivity (Wildman–Crippen MR) is 80.2 cm³/mol. The highest BCUT2D eigenvalue weighted by Crippen LogP contribution is 2.20. The van der Waals surface area contributed by atoms with E-state index < -0.39 is 0 Å². The van der Waals surface area contributed by atoms with Gasteiger partial charge in [-0.3, -0.25) is 4.79 Å². The average molecular weight is 288 g/mol. The molecule has 112 valence electrons. The molecular weight excluding hydrogens is 268 g/mol. The van der Waals surface area contributed by atoms with Gasteiger partial charge in [0, 0.05) is 24.5 Å². The number of aliphatic hydroxyl groups excluding tert-OH is 1. The Labute approximate surface area is 123 Å². The van der Waals surface area contributed by atoms with E-state index in [0.29, 0.717) is 30.5 Å². The Morgan fingerprint density at radius 3 is 3.00 bits per heavy atom. The summed E-state index contributed by atoms with van der Waals surface area (Å²) in [6, 6.07) is 9.65. The van der Waals surface area contributed by atoms with Crippen molar-refractivity contribution in [2.75, 3.05) is 26.2 Å². The fourth-order valence-corrected chi connectivity index (χ4v) is 2.82. The van der Waals surface area contributed by atoms with Gasteiger partial charge in [-0.25, -0.2) is 0 Å². The molecule has 1 fully saturated rings. The molecule has 1 amide bonds. The van der Waals surface area contributed by atoms with E-state index in [2.05, 4.69) is 5.32 Å². The lowest BCUT2D eigenvalue weighted by Crippen LogP contribution is -2.42. The highest BCUT2D eigenvalue weighted by molar-refractivity contribution is 5.96. The van der Waals surface area contributed by atoms with Gasteiger partial charge in [0.25, 0.3) is 5.91 Å². The molecule has 0 aliphatic carbocycles. The number of hydrogen-bond donors (Lipinski definition) is 2. The molecule has 0 bridgehead atoms. The number of nitrogens with zero attached hydrogens (tertiary/aromatic N) is 1. The van der Waals surface area contributed by atoms with E-state index in [-0.39, 0.29) is 12.5 Å². The SMILES string of the molecule is O=C(c1cc2ccccc2o1)N(CCO)CC1CCCN1. The second-order valence-electron chi connectivity index (χ2n) is 5.42. The quantitative estimate of drug-likeness (QED) is 0.877. The molecule has 1 unspecified atom stereocenters. The summed E-state index contributed by atoms with van der Waals surface area (Å²) in [7, 11) is 0. The van der Waals surface area contributed by atoms with Crippen LogP contribution in [0, 0.1) is 0 Å². The van der Waals surface area contributed by atoms with Crippen molar-refractivity contribution in [2.24, 2.45) is 0 Å². The second-order valence-corrected chi connectivity index (χ2v) is 5.42. The Bertz CT molecular complexity index is 584. The summed E-state index contributed by atoms with van der Waals surface area (Å²) in [6.07, 6.45) is 2.20. The Morgan fingerprint density at radius 1 is 1.43 bits per heavy atom. The highest BCUT2D eigenvalue weighted by atomic mass is 16.3. The van der Waals surface area contributed by atoms with Crippen molar-refractivity contribution in [3.8, 4) is 0 Å². The normalized spacial score (nSPS) is 18.2. The maximum Gasteiger partial charge on any atom is 0.289 e. The third kappa shape index (κ3) is 3.09. The third-order valence-corrected chi connectivity index (χ3v) is 3.90. The van der Waals surface area contributed by atoms with Crippen LogP contribution in [0.4, 0.5) is 0 Å². The second kappa shape index (κ2) is 6.28. The minimum Gasteiger partial charge on any atom is -0.451 e. The van der Waals surface area contributed by atoms with Gasteiger partial charge in [-0.05, 0) is 31.5 Å². The number of aliphatic hydroxyl groups is 1. The number of fused-ring (bicyclic) bond motifs is 1. The van der Waals surface area contributed by atoms with Gasteiger partial charge in [0.05, 0.1) is 6.61 Å². The van der Waals surface area contributed by atoms with E-state index in [4.69, 9.17) is 4.42 Å². The maximum atomic E-state index is 12.6. The third-order valence-electron chi connectivity index (χ3n) is 3.90. The molecule has 21 heavy (non-hydrogen) atoms. The molecule has 1 saturated heterocycles. The number of rotatable bonds is 5. The van der Waals surface area contributed by atoms with Crippen molar-refractivity contribution in [2.45, 2.75) is 18.9 Å². The molecule has 1 aromatic heterocycles. The smallest absolute Gasteiger partial charge is 0.289 e. The summed E-state index contributed by atoms with van der Waals surface area (Å²) in [5.74, 6) is 0.177. The first-order valence-electron chi connectivity index (χ1n) is 7.40. The fourth-order valence-electron chi connectivity index (χ4n) is 2.82. The van der Waals surface area contributed by atoms with Crippen LogP contribution in [-0.2, 0) is 0 Å². The summed E-state index contributed by atoms with van der Waals surface area (Å²) in [5.41, 5.74) is 0.712. The van der Waals surface area contributed by atoms with E-state index in [9.17, 15) is 9.90 Å². The van der Waals surface area contributed by atoms with Crippen molar-refractivity contribution in [1.29, 1.82) is 0 Å². The lowest BCUT2D eigenvalue weighted by atomic mass is 10.2. The molecule has 5 nitrogen and oxygen atoms in total. The molecule has 2 aromatic rings. The number of amides is 1. The largest absolute Gasteiger partial charge is 0.451 e. The van der Waals surface area contributed by atoms with E-state index in [1.54, 1.807) is 11.0 Å². The zero-order valence-electron chi connectivity index (χ0n) is 11.9. The van der Waals surface area contributed by atoms with Gasteiger partial charge in [-0.2, -0.15) is 0 Å². The van der Waals surface area contributed by atoms with E-state index in [0.717, 1.165) is 24.8 Å². The number of furan rings is 1. The maximum absolute atomic E-state index is 12.6. The number of para-hydroxylation sites is 1. The van der Waals surface area contributed by atoms with Gasteiger partial charge in [-0.1, -0.05) is 18.2 Å². The van der Waals surface area contributed by atoms with Gasteiger partial charge < -0.3 is 19.7 Å². The van der Waals surface area contributed by atoms with E-state index >= 15 is 0 Å². The van der Waals surface area contributed by atoms with Gasteiger partial charge in [0.15, 0.2) is 5.76 Å². The van der Waals surface area contributed by atoms with Crippen molar-refractivity contribution in [3.63, 3.8) is 0 Å². The van der Waals surface area contributed by atoms with Crippen molar-refractivity contribution in [1.82, 2.24) is 10.2 Å². The van der Waals surface area contributed by atoms with Crippen LogP contribution in [0.2, 0.25) is 0 Å². The molecule has 2 N–H and O–H groups in total. The number of hydrogen-bond acceptors (Lipinski definition) is 4. The lowest BCUT2D eigenvalue weighted by Gasteiger charge is -2.24. The average Bonchev–Trinajstić information content (AvgIpc) is 3.14. The van der Waals surface area contributed by atoms with Gasteiger partial charge in [0.1, 0.15) is 5.58 Å². The van der Waals surface area contributed by atoms with Crippen LogP contribution in [-0.4, -0.2) is 48.2 Å². The Morgan fingerprint density at radius 2 is 2.29 bits per heavy atom. The molecule has 2 heterocycles. The minimum absolute atomic E-state index is 0.0430. The molecule has 0 radical (unpaired) electrons. The zero-order valence-corrected chi connectivity index (χ0v) is 11.9. The molecular formula is C16H20N2O3. The van der Waals surface area contributed by atoms with Crippen molar-refractivity contribution < 1.29 is 14.3 Å². The van der Waals surface area contributed by atoms with E-state index in [1.165, 1.54) is 0 Å². The summed E-state index contributed by atoms with van der Waals surface area (Å²) in [5, 5.41) is 13.5. The lowest BCUT2D eigenvalue weighted by molar-refractivity contribution is 0.0677. The minimum atomic E-state index is -0.158. The summed E-state index contributed by atoms with van der Waals surface area (Å²) >= 11 is 0. The van der Waals surface area contributed by atoms with Crippen LogP contribution in [0.15, 0.2) is 34.7 Å². The topological polar surface area (TPSA) is 65.7 Å². The van der Waals surface area contributed by atoms with Crippen LogP contribution in [0.25, 0.3) is 11.0 Å². The van der Waals surface area contributed by atoms with Crippen LogP contribution in [0.1, 0.15) is 23.4 Å². The standard InChI is InChI=1S/C16H20N2O3/c19-9-8-18(11-13-5-3-7-17-13)16(20)15-10-12-4-1-2-6-14(12)21-15/h1-2,4,6,10,13,17,19H,3,5,7-9,11H2. The summed E-state index contributed by atoms with van der Waals surface area (Å²) in [6.45, 7) is 1.89. The number of carbonyl (C=O) groups is 1. The molecule has 0 spiro atoms. The predicted octanol–water partition coefficient (Wildman–Crippen LogP) is 1.62. The van der Waals surface area contributed by atoms with Crippen LogP contribution < -0.4 is 5.32 Å². The summed E-state index contributed by atoms with van der Waals surface area (Å²) < 4.78 is 5.63. The van der Waals surface area contributed by atoms with Crippen LogP contribution in [0.3, 0.4) is 0 Å². The van der Waals surface area contributed by atoms with Gasteiger partial charge in [-0.15, -0.1) is 0 Å². The summed E-state index contributed by atoms with van der Waals surface area (Å²) in [4.78, 5) is 14.3. The Kier molecular flexibility index (Phi) is 4.22. The van der Waals surface area contributed by atoms with E-state index in [1.807, 2.05) is 24.3 Å².